The molecule has 0 N–H and O–H groups in total. The third kappa shape index (κ3) is 3.40. The average molecular weight is 408 g/mol. The molecule has 3 aromatic rings. The number of nitrogens with zero attached hydrogens (tertiary/aromatic N) is 6. The van der Waals surface area contributed by atoms with Gasteiger partial charge in [-0.2, -0.15) is 23.4 Å². The summed E-state index contributed by atoms with van der Waals surface area (Å²) < 4.78 is 46.9. The van der Waals surface area contributed by atoms with E-state index in [1.165, 1.54) is 11.9 Å². The lowest BCUT2D eigenvalue weighted by atomic mass is 10.0. The van der Waals surface area contributed by atoms with Crippen LogP contribution in [-0.4, -0.2) is 42.1 Å². The number of hydrogen-bond acceptors (Lipinski definition) is 5. The van der Waals surface area contributed by atoms with Gasteiger partial charge < -0.3 is 9.42 Å². The van der Waals surface area contributed by atoms with E-state index in [1.54, 1.807) is 30.9 Å². The fourth-order valence-electron chi connectivity index (χ4n) is 3.71. The van der Waals surface area contributed by atoms with Gasteiger partial charge in [0.15, 0.2) is 11.5 Å². The van der Waals surface area contributed by atoms with Crippen molar-refractivity contribution in [1.29, 1.82) is 0 Å². The summed E-state index contributed by atoms with van der Waals surface area (Å²) in [5.41, 5.74) is 0.838. The normalized spacial score (nSPS) is 17.3. The molecule has 3 aromatic heterocycles. The average Bonchev–Trinajstić information content (AvgIpc) is 3.38. The summed E-state index contributed by atoms with van der Waals surface area (Å²) >= 11 is 0. The molecular formula is C18H19F3N6O2. The van der Waals surface area contributed by atoms with Crippen molar-refractivity contribution in [1.82, 2.24) is 29.6 Å². The van der Waals surface area contributed by atoms with Gasteiger partial charge >= 0.3 is 6.18 Å². The third-order valence-corrected chi connectivity index (χ3v) is 4.97. The van der Waals surface area contributed by atoms with Crippen LogP contribution >= 0.6 is 0 Å². The molecule has 1 atom stereocenters. The lowest BCUT2D eigenvalue weighted by molar-refractivity contribution is -0.143. The van der Waals surface area contributed by atoms with Crippen LogP contribution in [0.1, 0.15) is 46.5 Å². The van der Waals surface area contributed by atoms with Crippen LogP contribution in [0.3, 0.4) is 0 Å². The summed E-state index contributed by atoms with van der Waals surface area (Å²) in [7, 11) is 2.93. The number of hydrogen-bond donors (Lipinski definition) is 0. The topological polar surface area (TPSA) is 82.0 Å². The molecular weight excluding hydrogens is 389 g/mol. The van der Waals surface area contributed by atoms with Crippen molar-refractivity contribution >= 4 is 5.91 Å². The van der Waals surface area contributed by atoms with Gasteiger partial charge in [0.1, 0.15) is 5.69 Å². The van der Waals surface area contributed by atoms with Crippen LogP contribution in [0.4, 0.5) is 13.2 Å². The van der Waals surface area contributed by atoms with Crippen molar-refractivity contribution < 1.29 is 22.5 Å². The molecule has 0 spiro atoms. The molecule has 29 heavy (non-hydrogen) atoms. The number of halogens is 3. The molecule has 1 saturated heterocycles. The third-order valence-electron chi connectivity index (χ3n) is 4.97. The van der Waals surface area contributed by atoms with Crippen molar-refractivity contribution in [3.8, 4) is 11.3 Å². The quantitative estimate of drug-likeness (QED) is 0.665. The van der Waals surface area contributed by atoms with E-state index in [1.807, 2.05) is 0 Å². The second kappa shape index (κ2) is 6.75. The Morgan fingerprint density at radius 2 is 2.00 bits per heavy atom. The highest BCUT2D eigenvalue weighted by molar-refractivity contribution is 5.93. The Morgan fingerprint density at radius 3 is 2.62 bits per heavy atom. The van der Waals surface area contributed by atoms with Gasteiger partial charge in [0.25, 0.3) is 5.91 Å². The predicted molar refractivity (Wildman–Crippen MR) is 94.7 cm³/mol. The van der Waals surface area contributed by atoms with Crippen molar-refractivity contribution in [2.24, 2.45) is 14.1 Å². The first-order valence-electron chi connectivity index (χ1n) is 9.04. The molecule has 0 aromatic carbocycles. The number of carbonyl (C=O) groups excluding carboxylic acids is 1. The summed E-state index contributed by atoms with van der Waals surface area (Å²) in [6, 6.07) is 2.17. The fraction of sp³-hybridized carbons (Fsp3) is 0.444. The molecule has 0 bridgehead atoms. The maximum Gasteiger partial charge on any atom is 0.433 e. The predicted octanol–water partition coefficient (Wildman–Crippen LogP) is 3.11. The maximum absolute atomic E-state index is 13.1. The van der Waals surface area contributed by atoms with Crippen molar-refractivity contribution in [3.63, 3.8) is 0 Å². The van der Waals surface area contributed by atoms with Crippen LogP contribution in [0.25, 0.3) is 11.3 Å². The maximum atomic E-state index is 13.1. The molecule has 11 heteroatoms. The second-order valence-electron chi connectivity index (χ2n) is 7.13. The summed E-state index contributed by atoms with van der Waals surface area (Å²) in [6.45, 7) is 2.21. The van der Waals surface area contributed by atoms with Gasteiger partial charge in [0.2, 0.25) is 0 Å². The number of aryl methyl sites for hydroxylation is 3. The van der Waals surface area contributed by atoms with Gasteiger partial charge in [-0.25, -0.2) is 0 Å². The Kier molecular flexibility index (Phi) is 4.47. The first kappa shape index (κ1) is 19.2. The van der Waals surface area contributed by atoms with E-state index in [2.05, 4.69) is 15.4 Å². The Bertz CT molecular complexity index is 1060. The molecule has 154 valence electrons. The number of carbonyl (C=O) groups is 1. The van der Waals surface area contributed by atoms with Crippen molar-refractivity contribution in [2.75, 3.05) is 6.54 Å². The lowest BCUT2D eigenvalue weighted by Crippen LogP contribution is -2.31. The zero-order valence-corrected chi connectivity index (χ0v) is 16.1. The Hall–Kier alpha value is -3.11. The molecule has 1 aliphatic rings. The second-order valence-corrected chi connectivity index (χ2v) is 7.13. The van der Waals surface area contributed by atoms with E-state index in [0.717, 1.165) is 6.07 Å². The molecule has 0 unspecified atom stereocenters. The monoisotopic (exact) mass is 408 g/mol. The first-order valence-corrected chi connectivity index (χ1v) is 9.04. The molecule has 4 heterocycles. The van der Waals surface area contributed by atoms with Gasteiger partial charge in [-0.15, -0.1) is 0 Å². The zero-order chi connectivity index (χ0) is 20.9. The summed E-state index contributed by atoms with van der Waals surface area (Å²) in [6.07, 6.45) is -1.45. The van der Waals surface area contributed by atoms with Crippen molar-refractivity contribution in [2.45, 2.75) is 32.0 Å². The van der Waals surface area contributed by atoms with Gasteiger partial charge in [0.05, 0.1) is 23.0 Å². The van der Waals surface area contributed by atoms with Gasteiger partial charge in [-0.3, -0.25) is 14.2 Å². The molecule has 1 amide bonds. The van der Waals surface area contributed by atoms with Crippen LogP contribution in [-0.2, 0) is 20.3 Å². The molecule has 4 rings (SSSR count). The largest absolute Gasteiger partial charge is 0.433 e. The van der Waals surface area contributed by atoms with Gasteiger partial charge in [0, 0.05) is 39.0 Å². The minimum atomic E-state index is -4.58. The fourth-order valence-corrected chi connectivity index (χ4v) is 3.71. The molecule has 1 fully saturated rings. The molecule has 0 aliphatic carbocycles. The van der Waals surface area contributed by atoms with E-state index in [0.29, 0.717) is 46.8 Å². The van der Waals surface area contributed by atoms with E-state index < -0.39 is 17.8 Å². The van der Waals surface area contributed by atoms with E-state index in [-0.39, 0.29) is 11.7 Å². The number of amides is 1. The highest BCUT2D eigenvalue weighted by Gasteiger charge is 2.39. The highest BCUT2D eigenvalue weighted by Crippen LogP contribution is 2.38. The first-order chi connectivity index (χ1) is 13.6. The summed E-state index contributed by atoms with van der Waals surface area (Å²) in [5.74, 6) is -0.0222. The van der Waals surface area contributed by atoms with E-state index in [9.17, 15) is 18.0 Å². The van der Waals surface area contributed by atoms with Gasteiger partial charge in [-0.05, 0) is 19.8 Å². The minimum Gasteiger partial charge on any atom is -0.356 e. The summed E-state index contributed by atoms with van der Waals surface area (Å²) in [4.78, 5) is 14.5. The molecule has 1 aliphatic heterocycles. The van der Waals surface area contributed by atoms with Crippen LogP contribution in [0.15, 0.2) is 22.9 Å². The number of rotatable bonds is 3. The van der Waals surface area contributed by atoms with E-state index >= 15 is 0 Å². The minimum absolute atomic E-state index is 0.236. The summed E-state index contributed by atoms with van der Waals surface area (Å²) in [5, 5.41) is 12.2. The highest BCUT2D eigenvalue weighted by atomic mass is 19.4. The standard InChI is InChI=1S/C18H19F3N6O2/c1-10-7-14(29-24-10)11-9-25(2)23-16(11)13-5-4-6-27(13)17(28)12-8-15(18(19,20)21)26(3)22-12/h7-9,13H,4-6H2,1-3H3/t13-/m1/s1. The molecule has 0 saturated carbocycles. The SMILES string of the molecule is Cc1cc(-c2cn(C)nc2[C@H]2CCCN2C(=O)c2cc(C(F)(F)F)n(C)n2)on1. The van der Waals surface area contributed by atoms with Crippen LogP contribution in [0.2, 0.25) is 0 Å². The van der Waals surface area contributed by atoms with E-state index in [4.69, 9.17) is 4.52 Å². The number of alkyl halides is 3. The Balaban J connectivity index is 1.68. The van der Waals surface area contributed by atoms with Crippen LogP contribution in [0, 0.1) is 6.92 Å². The van der Waals surface area contributed by atoms with Crippen LogP contribution in [0.5, 0.6) is 0 Å². The molecule has 0 radical (unpaired) electrons. The van der Waals surface area contributed by atoms with Gasteiger partial charge in [-0.1, -0.05) is 5.16 Å². The Morgan fingerprint density at radius 1 is 1.24 bits per heavy atom. The zero-order valence-electron chi connectivity index (χ0n) is 16.1. The smallest absolute Gasteiger partial charge is 0.356 e. The molecule has 8 nitrogen and oxygen atoms in total. The lowest BCUT2D eigenvalue weighted by Gasteiger charge is -2.23. The number of likely N-dealkylation sites (tertiary alicyclic amines) is 1. The van der Waals surface area contributed by atoms with Crippen LogP contribution < -0.4 is 0 Å². The Labute approximate surface area is 163 Å². The number of aromatic nitrogens is 5. The van der Waals surface area contributed by atoms with Crippen molar-refractivity contribution in [3.05, 3.63) is 41.1 Å².